The molecule has 3 nitrogen and oxygen atoms in total. The van der Waals surface area contributed by atoms with Gasteiger partial charge in [0.1, 0.15) is 0 Å². The highest BCUT2D eigenvalue weighted by Crippen LogP contribution is 2.19. The van der Waals surface area contributed by atoms with Crippen LogP contribution in [0.15, 0.2) is 0 Å². The predicted octanol–water partition coefficient (Wildman–Crippen LogP) is 0.232. The fraction of sp³-hybridized carbons (Fsp3) is 1.00. The second-order valence-corrected chi connectivity index (χ2v) is 3.78. The second kappa shape index (κ2) is 3.73. The molecule has 1 atom stereocenters. The molecule has 3 heteroatoms. The molecule has 1 N–H and O–H groups in total. The zero-order valence-electron chi connectivity index (χ0n) is 7.41. The molecule has 2 aliphatic heterocycles. The smallest absolute Gasteiger partial charge is 0.0679 e. The minimum Gasteiger partial charge on any atom is -0.392 e. The van der Waals surface area contributed by atoms with Gasteiger partial charge in [0.15, 0.2) is 0 Å². The first-order valence-corrected chi connectivity index (χ1v) is 4.86. The second-order valence-electron chi connectivity index (χ2n) is 3.78. The highest BCUT2D eigenvalue weighted by Gasteiger charge is 2.27. The van der Waals surface area contributed by atoms with E-state index in [9.17, 15) is 5.11 Å². The highest BCUT2D eigenvalue weighted by atomic mass is 16.5. The number of hydrogen-bond acceptors (Lipinski definition) is 3. The van der Waals surface area contributed by atoms with Crippen molar-refractivity contribution < 1.29 is 9.84 Å². The molecule has 2 rings (SSSR count). The molecule has 2 saturated heterocycles. The predicted molar refractivity (Wildman–Crippen MR) is 46.0 cm³/mol. The van der Waals surface area contributed by atoms with Crippen molar-refractivity contribution >= 4 is 0 Å². The number of β-amino-alcohol motifs (C(OH)–C–C–N with tert-alkyl or cyclic N) is 1. The summed E-state index contributed by atoms with van der Waals surface area (Å²) in [7, 11) is 0. The number of aliphatic hydroxyl groups is 1. The third-order valence-electron chi connectivity index (χ3n) is 2.90. The first kappa shape index (κ1) is 8.48. The number of ether oxygens (including phenoxy) is 1. The molecule has 0 radical (unpaired) electrons. The van der Waals surface area contributed by atoms with Crippen molar-refractivity contribution in [1.29, 1.82) is 0 Å². The normalized spacial score (nSPS) is 34.2. The average molecular weight is 171 g/mol. The third-order valence-corrected chi connectivity index (χ3v) is 2.90. The maximum absolute atomic E-state index is 9.36. The Morgan fingerprint density at radius 1 is 1.17 bits per heavy atom. The van der Waals surface area contributed by atoms with Crippen LogP contribution in [0.25, 0.3) is 0 Å². The molecule has 0 spiro atoms. The van der Waals surface area contributed by atoms with E-state index in [-0.39, 0.29) is 6.10 Å². The lowest BCUT2D eigenvalue weighted by Crippen LogP contribution is -2.38. The molecule has 70 valence electrons. The SMILES string of the molecule is O[C@@H]1CCN(C2CCOCC2)C1. The van der Waals surface area contributed by atoms with Crippen molar-refractivity contribution in [2.75, 3.05) is 26.3 Å². The fourth-order valence-electron chi connectivity index (χ4n) is 2.15. The molecule has 0 aliphatic carbocycles. The van der Waals surface area contributed by atoms with Gasteiger partial charge < -0.3 is 9.84 Å². The molecule has 2 fully saturated rings. The Morgan fingerprint density at radius 3 is 2.50 bits per heavy atom. The van der Waals surface area contributed by atoms with Gasteiger partial charge in [0.25, 0.3) is 0 Å². The van der Waals surface area contributed by atoms with Crippen LogP contribution >= 0.6 is 0 Å². The number of nitrogens with zero attached hydrogens (tertiary/aromatic N) is 1. The van der Waals surface area contributed by atoms with Gasteiger partial charge in [0.05, 0.1) is 6.10 Å². The van der Waals surface area contributed by atoms with Gasteiger partial charge in [-0.05, 0) is 19.3 Å². The molecular formula is C9H17NO2. The monoisotopic (exact) mass is 171 g/mol. The molecule has 0 unspecified atom stereocenters. The van der Waals surface area contributed by atoms with Crippen LogP contribution in [0.2, 0.25) is 0 Å². The van der Waals surface area contributed by atoms with Crippen LogP contribution in [-0.4, -0.2) is 48.5 Å². The van der Waals surface area contributed by atoms with Gasteiger partial charge in [-0.15, -0.1) is 0 Å². The molecule has 12 heavy (non-hydrogen) atoms. The van der Waals surface area contributed by atoms with Crippen LogP contribution < -0.4 is 0 Å². The van der Waals surface area contributed by atoms with Gasteiger partial charge >= 0.3 is 0 Å². The zero-order valence-corrected chi connectivity index (χ0v) is 7.41. The summed E-state index contributed by atoms with van der Waals surface area (Å²) >= 11 is 0. The summed E-state index contributed by atoms with van der Waals surface area (Å²) in [6.07, 6.45) is 3.17. The van der Waals surface area contributed by atoms with E-state index in [4.69, 9.17) is 4.74 Å². The molecule has 0 saturated carbocycles. The van der Waals surface area contributed by atoms with Crippen molar-refractivity contribution in [3.05, 3.63) is 0 Å². The Labute approximate surface area is 73.3 Å². The van der Waals surface area contributed by atoms with Crippen LogP contribution in [0.1, 0.15) is 19.3 Å². The molecule has 0 bridgehead atoms. The van der Waals surface area contributed by atoms with Crippen molar-refractivity contribution in [2.45, 2.75) is 31.4 Å². The fourth-order valence-corrected chi connectivity index (χ4v) is 2.15. The van der Waals surface area contributed by atoms with E-state index in [1.165, 1.54) is 0 Å². The minimum atomic E-state index is -0.0761. The quantitative estimate of drug-likeness (QED) is 0.613. The van der Waals surface area contributed by atoms with E-state index in [0.717, 1.165) is 45.6 Å². The van der Waals surface area contributed by atoms with E-state index in [1.807, 2.05) is 0 Å². The first-order chi connectivity index (χ1) is 5.86. The Kier molecular flexibility index (Phi) is 2.63. The average Bonchev–Trinajstić information content (AvgIpc) is 2.54. The minimum absolute atomic E-state index is 0.0761. The van der Waals surface area contributed by atoms with E-state index < -0.39 is 0 Å². The number of likely N-dealkylation sites (tertiary alicyclic amines) is 1. The van der Waals surface area contributed by atoms with Gasteiger partial charge in [-0.1, -0.05) is 0 Å². The number of hydrogen-bond donors (Lipinski definition) is 1. The van der Waals surface area contributed by atoms with Gasteiger partial charge in [-0.2, -0.15) is 0 Å². The molecule has 2 heterocycles. The Balaban J connectivity index is 1.83. The zero-order chi connectivity index (χ0) is 8.39. The molecule has 0 aromatic rings. The maximum Gasteiger partial charge on any atom is 0.0679 e. The van der Waals surface area contributed by atoms with E-state index in [1.54, 1.807) is 0 Å². The third kappa shape index (κ3) is 1.79. The van der Waals surface area contributed by atoms with Crippen LogP contribution in [0.4, 0.5) is 0 Å². The molecule has 0 aromatic heterocycles. The summed E-state index contributed by atoms with van der Waals surface area (Å²) in [5.41, 5.74) is 0. The summed E-state index contributed by atoms with van der Waals surface area (Å²) in [6.45, 7) is 3.75. The summed E-state index contributed by atoms with van der Waals surface area (Å²) in [5, 5.41) is 9.36. The van der Waals surface area contributed by atoms with Crippen LogP contribution in [0, 0.1) is 0 Å². The lowest BCUT2D eigenvalue weighted by Gasteiger charge is -2.30. The van der Waals surface area contributed by atoms with Crippen molar-refractivity contribution in [2.24, 2.45) is 0 Å². The van der Waals surface area contributed by atoms with Crippen molar-refractivity contribution in [3.63, 3.8) is 0 Å². The largest absolute Gasteiger partial charge is 0.392 e. The molecule has 0 aromatic carbocycles. The topological polar surface area (TPSA) is 32.7 Å². The summed E-state index contributed by atoms with van der Waals surface area (Å²) in [6, 6.07) is 0.677. The maximum atomic E-state index is 9.36. The van der Waals surface area contributed by atoms with Crippen LogP contribution in [0.3, 0.4) is 0 Å². The van der Waals surface area contributed by atoms with Gasteiger partial charge in [0, 0.05) is 32.3 Å². The Bertz CT molecular complexity index is 143. The van der Waals surface area contributed by atoms with Gasteiger partial charge in [-0.3, -0.25) is 4.90 Å². The first-order valence-electron chi connectivity index (χ1n) is 4.86. The Morgan fingerprint density at radius 2 is 1.92 bits per heavy atom. The molecule has 0 amide bonds. The van der Waals surface area contributed by atoms with Crippen molar-refractivity contribution in [1.82, 2.24) is 4.90 Å². The standard InChI is InChI=1S/C9H17NO2/c11-9-1-4-10(7-9)8-2-5-12-6-3-8/h8-9,11H,1-7H2/t9-/m1/s1. The highest BCUT2D eigenvalue weighted by molar-refractivity contribution is 4.82. The summed E-state index contributed by atoms with van der Waals surface area (Å²) in [4.78, 5) is 2.41. The van der Waals surface area contributed by atoms with Crippen LogP contribution in [-0.2, 0) is 4.74 Å². The van der Waals surface area contributed by atoms with Crippen LogP contribution in [0.5, 0.6) is 0 Å². The molecule has 2 aliphatic rings. The summed E-state index contributed by atoms with van der Waals surface area (Å²) < 4.78 is 5.30. The summed E-state index contributed by atoms with van der Waals surface area (Å²) in [5.74, 6) is 0. The van der Waals surface area contributed by atoms with E-state index in [2.05, 4.69) is 4.90 Å². The van der Waals surface area contributed by atoms with Gasteiger partial charge in [-0.25, -0.2) is 0 Å². The number of rotatable bonds is 1. The van der Waals surface area contributed by atoms with E-state index in [0.29, 0.717) is 6.04 Å². The van der Waals surface area contributed by atoms with E-state index >= 15 is 0 Å². The van der Waals surface area contributed by atoms with Gasteiger partial charge in [0.2, 0.25) is 0 Å². The number of aliphatic hydroxyl groups excluding tert-OH is 1. The van der Waals surface area contributed by atoms with Crippen molar-refractivity contribution in [3.8, 4) is 0 Å². The molecular weight excluding hydrogens is 154 g/mol. The Hall–Kier alpha value is -0.120. The lowest BCUT2D eigenvalue weighted by atomic mass is 10.1. The lowest BCUT2D eigenvalue weighted by molar-refractivity contribution is 0.0377.